The lowest BCUT2D eigenvalue weighted by atomic mass is 9.97. The number of hydrogen-bond acceptors (Lipinski definition) is 6. The molecule has 0 saturated carbocycles. The summed E-state index contributed by atoms with van der Waals surface area (Å²) in [4.78, 5) is 27.5. The highest BCUT2D eigenvalue weighted by Crippen LogP contribution is 2.12. The van der Waals surface area contributed by atoms with Crippen molar-refractivity contribution in [2.45, 2.75) is 45.7 Å². The molecule has 1 aromatic heterocycles. The molecule has 20 heavy (non-hydrogen) atoms. The van der Waals surface area contributed by atoms with Gasteiger partial charge in [0.1, 0.15) is 5.01 Å². The highest BCUT2D eigenvalue weighted by Gasteiger charge is 2.27. The van der Waals surface area contributed by atoms with Crippen LogP contribution in [-0.2, 0) is 16.1 Å². The normalized spacial score (nSPS) is 13.6. The third-order valence-corrected chi connectivity index (χ3v) is 3.57. The van der Waals surface area contributed by atoms with Crippen molar-refractivity contribution < 1.29 is 14.3 Å². The number of nitrogens with one attached hydrogen (secondary N) is 1. The number of thiazole rings is 1. The molecule has 0 saturated heterocycles. The Morgan fingerprint density at radius 2 is 2.20 bits per heavy atom. The van der Waals surface area contributed by atoms with Crippen molar-refractivity contribution in [3.8, 4) is 0 Å². The molecular weight excluding hydrogens is 278 g/mol. The van der Waals surface area contributed by atoms with E-state index in [0.717, 1.165) is 6.42 Å². The topological polar surface area (TPSA) is 94.3 Å². The van der Waals surface area contributed by atoms with Crippen LogP contribution in [0.3, 0.4) is 0 Å². The van der Waals surface area contributed by atoms with E-state index < -0.39 is 11.5 Å². The van der Waals surface area contributed by atoms with Crippen LogP contribution in [0.5, 0.6) is 0 Å². The van der Waals surface area contributed by atoms with E-state index in [4.69, 9.17) is 10.5 Å². The van der Waals surface area contributed by atoms with Crippen molar-refractivity contribution >= 4 is 23.2 Å². The highest BCUT2D eigenvalue weighted by atomic mass is 32.1. The summed E-state index contributed by atoms with van der Waals surface area (Å²) in [7, 11) is 0. The van der Waals surface area contributed by atoms with Crippen LogP contribution >= 0.6 is 11.3 Å². The second kappa shape index (κ2) is 7.35. The smallest absolute Gasteiger partial charge is 0.357 e. The highest BCUT2D eigenvalue weighted by molar-refractivity contribution is 7.09. The number of nitrogens with two attached hydrogens (primary N) is 1. The van der Waals surface area contributed by atoms with E-state index >= 15 is 0 Å². The second-order valence-electron chi connectivity index (χ2n) is 4.70. The van der Waals surface area contributed by atoms with Crippen molar-refractivity contribution in [3.63, 3.8) is 0 Å². The predicted molar refractivity (Wildman–Crippen MR) is 77.4 cm³/mol. The van der Waals surface area contributed by atoms with Crippen molar-refractivity contribution in [3.05, 3.63) is 16.1 Å². The largest absolute Gasteiger partial charge is 0.461 e. The summed E-state index contributed by atoms with van der Waals surface area (Å²) >= 11 is 1.30. The fourth-order valence-corrected chi connectivity index (χ4v) is 2.38. The number of aromatic nitrogens is 1. The maximum atomic E-state index is 11.9. The van der Waals surface area contributed by atoms with Crippen LogP contribution in [0.4, 0.5) is 0 Å². The number of rotatable bonds is 7. The second-order valence-corrected chi connectivity index (χ2v) is 5.64. The van der Waals surface area contributed by atoms with Gasteiger partial charge in [-0.15, -0.1) is 11.3 Å². The van der Waals surface area contributed by atoms with Crippen LogP contribution in [0.25, 0.3) is 0 Å². The van der Waals surface area contributed by atoms with Crippen LogP contribution in [0.2, 0.25) is 0 Å². The Labute approximate surface area is 122 Å². The van der Waals surface area contributed by atoms with Crippen LogP contribution in [0.15, 0.2) is 5.38 Å². The fraction of sp³-hybridized carbons (Fsp3) is 0.615. The Bertz CT molecular complexity index is 471. The molecule has 0 bridgehead atoms. The maximum absolute atomic E-state index is 11.9. The average Bonchev–Trinajstić information content (AvgIpc) is 2.85. The zero-order valence-corrected chi connectivity index (χ0v) is 12.9. The molecule has 0 aliphatic rings. The molecule has 7 heteroatoms. The fourth-order valence-electron chi connectivity index (χ4n) is 1.68. The van der Waals surface area contributed by atoms with Gasteiger partial charge < -0.3 is 15.8 Å². The van der Waals surface area contributed by atoms with Gasteiger partial charge in [0.25, 0.3) is 0 Å². The molecule has 0 spiro atoms. The molecule has 112 valence electrons. The molecule has 0 fully saturated rings. The first-order valence-corrected chi connectivity index (χ1v) is 7.47. The SMILES string of the molecule is CCCC(C)(N)C(=O)NCc1nc(C(=O)OCC)cs1. The van der Waals surface area contributed by atoms with Gasteiger partial charge in [-0.2, -0.15) is 0 Å². The predicted octanol–water partition coefficient (Wildman–Crippen LogP) is 1.45. The van der Waals surface area contributed by atoms with Gasteiger partial charge >= 0.3 is 5.97 Å². The lowest BCUT2D eigenvalue weighted by molar-refractivity contribution is -0.126. The summed E-state index contributed by atoms with van der Waals surface area (Å²) in [5, 5.41) is 5.01. The maximum Gasteiger partial charge on any atom is 0.357 e. The molecule has 1 rings (SSSR count). The standard InChI is InChI=1S/C13H21N3O3S/c1-4-6-13(3,14)12(18)15-7-10-16-9(8-20-10)11(17)19-5-2/h8H,4-7,14H2,1-3H3,(H,15,18). The van der Waals surface area contributed by atoms with E-state index in [9.17, 15) is 9.59 Å². The quantitative estimate of drug-likeness (QED) is 0.743. The Hall–Kier alpha value is -1.47. The minimum absolute atomic E-state index is 0.216. The average molecular weight is 299 g/mol. The van der Waals surface area contributed by atoms with Crippen LogP contribution in [-0.4, -0.2) is 29.0 Å². The Morgan fingerprint density at radius 3 is 2.80 bits per heavy atom. The summed E-state index contributed by atoms with van der Waals surface area (Å²) in [6.45, 7) is 5.99. The van der Waals surface area contributed by atoms with Gasteiger partial charge in [-0.3, -0.25) is 4.79 Å². The molecule has 0 radical (unpaired) electrons. The van der Waals surface area contributed by atoms with Gasteiger partial charge in [-0.05, 0) is 20.3 Å². The van der Waals surface area contributed by atoms with Gasteiger partial charge in [-0.25, -0.2) is 9.78 Å². The minimum atomic E-state index is -0.879. The number of carbonyl (C=O) groups is 2. The number of carbonyl (C=O) groups excluding carboxylic acids is 2. The van der Waals surface area contributed by atoms with Gasteiger partial charge in [0.2, 0.25) is 5.91 Å². The van der Waals surface area contributed by atoms with Crippen molar-refractivity contribution in [1.82, 2.24) is 10.3 Å². The molecule has 0 aromatic carbocycles. The van der Waals surface area contributed by atoms with E-state index in [1.165, 1.54) is 11.3 Å². The third-order valence-electron chi connectivity index (χ3n) is 2.72. The number of hydrogen-bond donors (Lipinski definition) is 2. The van der Waals surface area contributed by atoms with E-state index in [1.807, 2.05) is 6.92 Å². The summed E-state index contributed by atoms with van der Waals surface area (Å²) in [5.74, 6) is -0.664. The summed E-state index contributed by atoms with van der Waals surface area (Å²) in [5.41, 5.74) is 5.31. The van der Waals surface area contributed by atoms with E-state index in [1.54, 1.807) is 19.2 Å². The van der Waals surface area contributed by atoms with E-state index in [2.05, 4.69) is 10.3 Å². The third kappa shape index (κ3) is 4.57. The first-order valence-electron chi connectivity index (χ1n) is 6.59. The molecule has 6 nitrogen and oxygen atoms in total. The molecule has 0 aliphatic carbocycles. The summed E-state index contributed by atoms with van der Waals surface area (Å²) in [6, 6.07) is 0. The first-order chi connectivity index (χ1) is 9.40. The molecule has 1 unspecified atom stereocenters. The van der Waals surface area contributed by atoms with Gasteiger partial charge in [0.05, 0.1) is 18.7 Å². The molecule has 1 amide bonds. The molecule has 3 N–H and O–H groups in total. The number of amides is 1. The monoisotopic (exact) mass is 299 g/mol. The van der Waals surface area contributed by atoms with E-state index in [0.29, 0.717) is 18.0 Å². The van der Waals surface area contributed by atoms with Crippen LogP contribution in [0.1, 0.15) is 49.1 Å². The van der Waals surface area contributed by atoms with Gasteiger partial charge in [-0.1, -0.05) is 13.3 Å². The summed E-state index contributed by atoms with van der Waals surface area (Å²) < 4.78 is 4.85. The van der Waals surface area contributed by atoms with E-state index in [-0.39, 0.29) is 18.1 Å². The van der Waals surface area contributed by atoms with Crippen molar-refractivity contribution in [1.29, 1.82) is 0 Å². The first kappa shape index (κ1) is 16.6. The Balaban J connectivity index is 2.54. The zero-order chi connectivity index (χ0) is 15.2. The number of nitrogens with zero attached hydrogens (tertiary/aromatic N) is 1. The molecule has 0 aliphatic heterocycles. The Morgan fingerprint density at radius 1 is 1.50 bits per heavy atom. The summed E-state index contributed by atoms with van der Waals surface area (Å²) in [6.07, 6.45) is 1.45. The molecule has 1 aromatic rings. The van der Waals surface area contributed by atoms with Gasteiger partial charge in [0, 0.05) is 5.38 Å². The van der Waals surface area contributed by atoms with Crippen LogP contribution in [0, 0.1) is 0 Å². The zero-order valence-electron chi connectivity index (χ0n) is 12.1. The molecule has 1 atom stereocenters. The van der Waals surface area contributed by atoms with Crippen molar-refractivity contribution in [2.75, 3.05) is 6.61 Å². The lowest BCUT2D eigenvalue weighted by Crippen LogP contribution is -2.51. The minimum Gasteiger partial charge on any atom is -0.461 e. The molecular formula is C13H21N3O3S. The number of ether oxygens (including phenoxy) is 1. The lowest BCUT2D eigenvalue weighted by Gasteiger charge is -2.22. The van der Waals surface area contributed by atoms with Crippen LogP contribution < -0.4 is 11.1 Å². The van der Waals surface area contributed by atoms with Crippen molar-refractivity contribution in [2.24, 2.45) is 5.73 Å². The number of esters is 1. The van der Waals surface area contributed by atoms with Gasteiger partial charge in [0.15, 0.2) is 5.69 Å². The Kier molecular flexibility index (Phi) is 6.09. The molecule has 1 heterocycles.